The molecule has 0 saturated carbocycles. The first-order valence-electron chi connectivity index (χ1n) is 9.67. The number of amides is 2. The van der Waals surface area contributed by atoms with Gasteiger partial charge in [0.1, 0.15) is 0 Å². The van der Waals surface area contributed by atoms with Crippen LogP contribution < -0.4 is 5.32 Å². The van der Waals surface area contributed by atoms with Gasteiger partial charge < -0.3 is 10.2 Å². The highest BCUT2D eigenvalue weighted by Gasteiger charge is 2.21. The van der Waals surface area contributed by atoms with E-state index in [0.717, 1.165) is 25.2 Å². The average Bonchev–Trinajstić information content (AvgIpc) is 2.72. The van der Waals surface area contributed by atoms with Gasteiger partial charge in [-0.3, -0.25) is 14.5 Å². The Labute approximate surface area is 166 Å². The summed E-state index contributed by atoms with van der Waals surface area (Å²) >= 11 is 0. The number of carbonyl (C=O) groups excluding carboxylic acids is 2. The van der Waals surface area contributed by atoms with Crippen LogP contribution in [-0.2, 0) is 16.1 Å². The Balaban J connectivity index is 1.39. The maximum atomic E-state index is 12.4. The molecule has 1 saturated heterocycles. The number of rotatable bonds is 6. The molecule has 0 bridgehead atoms. The van der Waals surface area contributed by atoms with Gasteiger partial charge in [0.15, 0.2) is 0 Å². The van der Waals surface area contributed by atoms with E-state index in [1.165, 1.54) is 17.2 Å². The lowest BCUT2D eigenvalue weighted by Crippen LogP contribution is -2.50. The van der Waals surface area contributed by atoms with Gasteiger partial charge in [-0.1, -0.05) is 60.2 Å². The van der Waals surface area contributed by atoms with Crippen molar-refractivity contribution in [3.63, 3.8) is 0 Å². The second-order valence-electron chi connectivity index (χ2n) is 7.11. The highest BCUT2D eigenvalue weighted by atomic mass is 16.2. The zero-order valence-corrected chi connectivity index (χ0v) is 16.3. The highest BCUT2D eigenvalue weighted by Crippen LogP contribution is 2.10. The monoisotopic (exact) mass is 377 g/mol. The van der Waals surface area contributed by atoms with Gasteiger partial charge in [-0.25, -0.2) is 0 Å². The number of piperazine rings is 1. The Bertz CT molecular complexity index is 825. The average molecular weight is 377 g/mol. The zero-order valence-electron chi connectivity index (χ0n) is 16.3. The van der Waals surface area contributed by atoms with Crippen LogP contribution in [0.2, 0.25) is 0 Å². The smallest absolute Gasteiger partial charge is 0.244 e. The summed E-state index contributed by atoms with van der Waals surface area (Å²) in [6, 6.07) is 18.1. The third-order valence-electron chi connectivity index (χ3n) is 4.85. The second-order valence-corrected chi connectivity index (χ2v) is 7.11. The Morgan fingerprint density at radius 1 is 1.00 bits per heavy atom. The van der Waals surface area contributed by atoms with Gasteiger partial charge in [0, 0.05) is 38.8 Å². The second kappa shape index (κ2) is 9.85. The van der Waals surface area contributed by atoms with Crippen LogP contribution in [-0.4, -0.2) is 54.3 Å². The quantitative estimate of drug-likeness (QED) is 0.787. The molecule has 3 rings (SSSR count). The zero-order chi connectivity index (χ0) is 19.8. The SMILES string of the molecule is Cc1cccc(CN2CCN(C(=O)CNC(=O)/C=C/c3ccccc3)CC2)c1. The first kappa shape index (κ1) is 19.8. The largest absolute Gasteiger partial charge is 0.343 e. The van der Waals surface area contributed by atoms with Crippen molar-refractivity contribution in [1.82, 2.24) is 15.1 Å². The molecule has 0 aromatic heterocycles. The van der Waals surface area contributed by atoms with Crippen molar-refractivity contribution in [3.8, 4) is 0 Å². The molecule has 2 aromatic carbocycles. The number of hydrogen-bond donors (Lipinski definition) is 1. The molecule has 0 radical (unpaired) electrons. The van der Waals surface area contributed by atoms with E-state index in [1.807, 2.05) is 35.2 Å². The standard InChI is InChI=1S/C23H27N3O2/c1-19-6-5-9-21(16-19)18-25-12-14-26(15-13-25)23(28)17-24-22(27)11-10-20-7-3-2-4-8-20/h2-11,16H,12-15,17-18H2,1H3,(H,24,27)/b11-10+. The predicted octanol–water partition coefficient (Wildman–Crippen LogP) is 2.47. The Hall–Kier alpha value is -2.92. The van der Waals surface area contributed by atoms with E-state index < -0.39 is 0 Å². The molecule has 2 aromatic rings. The van der Waals surface area contributed by atoms with Gasteiger partial charge >= 0.3 is 0 Å². The number of hydrogen-bond acceptors (Lipinski definition) is 3. The number of carbonyl (C=O) groups is 2. The van der Waals surface area contributed by atoms with Crippen LogP contribution in [0.3, 0.4) is 0 Å². The fourth-order valence-corrected chi connectivity index (χ4v) is 3.29. The van der Waals surface area contributed by atoms with Gasteiger partial charge in [0.2, 0.25) is 11.8 Å². The minimum absolute atomic E-state index is 0.0309. The Morgan fingerprint density at radius 3 is 2.46 bits per heavy atom. The lowest BCUT2D eigenvalue weighted by Gasteiger charge is -2.34. The van der Waals surface area contributed by atoms with Gasteiger partial charge in [0.05, 0.1) is 6.54 Å². The van der Waals surface area contributed by atoms with Crippen LogP contribution in [0.1, 0.15) is 16.7 Å². The van der Waals surface area contributed by atoms with E-state index in [0.29, 0.717) is 13.1 Å². The molecule has 0 atom stereocenters. The normalized spacial score (nSPS) is 15.0. The van der Waals surface area contributed by atoms with Crippen molar-refractivity contribution in [2.75, 3.05) is 32.7 Å². The molecule has 0 spiro atoms. The molecule has 1 heterocycles. The molecule has 0 aliphatic carbocycles. The van der Waals surface area contributed by atoms with Crippen molar-refractivity contribution < 1.29 is 9.59 Å². The van der Waals surface area contributed by atoms with Gasteiger partial charge in [0.25, 0.3) is 0 Å². The minimum Gasteiger partial charge on any atom is -0.343 e. The lowest BCUT2D eigenvalue weighted by molar-refractivity contribution is -0.133. The first-order valence-corrected chi connectivity index (χ1v) is 9.67. The van der Waals surface area contributed by atoms with Crippen LogP contribution in [0.15, 0.2) is 60.7 Å². The van der Waals surface area contributed by atoms with Gasteiger partial charge in [-0.15, -0.1) is 0 Å². The van der Waals surface area contributed by atoms with Crippen LogP contribution in [0.4, 0.5) is 0 Å². The molecule has 1 aliphatic rings. The van der Waals surface area contributed by atoms with Crippen molar-refractivity contribution in [2.24, 2.45) is 0 Å². The van der Waals surface area contributed by atoms with Crippen molar-refractivity contribution in [3.05, 3.63) is 77.4 Å². The molecular formula is C23H27N3O2. The predicted molar refractivity (Wildman–Crippen MR) is 112 cm³/mol. The maximum Gasteiger partial charge on any atom is 0.244 e. The molecule has 146 valence electrons. The van der Waals surface area contributed by atoms with Gasteiger partial charge in [-0.05, 0) is 24.1 Å². The fraction of sp³-hybridized carbons (Fsp3) is 0.304. The molecular weight excluding hydrogens is 350 g/mol. The topological polar surface area (TPSA) is 52.6 Å². The maximum absolute atomic E-state index is 12.4. The summed E-state index contributed by atoms with van der Waals surface area (Å²) in [6.45, 7) is 6.13. The molecule has 28 heavy (non-hydrogen) atoms. The van der Waals surface area contributed by atoms with Crippen LogP contribution in [0.25, 0.3) is 6.08 Å². The molecule has 5 nitrogen and oxygen atoms in total. The summed E-state index contributed by atoms with van der Waals surface area (Å²) in [6.07, 6.45) is 3.20. The third kappa shape index (κ3) is 6.06. The lowest BCUT2D eigenvalue weighted by atomic mass is 10.1. The number of nitrogens with zero attached hydrogens (tertiary/aromatic N) is 2. The van der Waals surface area contributed by atoms with E-state index in [1.54, 1.807) is 6.08 Å². The molecule has 1 N–H and O–H groups in total. The summed E-state index contributed by atoms with van der Waals surface area (Å²) in [7, 11) is 0. The van der Waals surface area contributed by atoms with Crippen molar-refractivity contribution >= 4 is 17.9 Å². The fourth-order valence-electron chi connectivity index (χ4n) is 3.29. The third-order valence-corrected chi connectivity index (χ3v) is 4.85. The Morgan fingerprint density at radius 2 is 1.75 bits per heavy atom. The Kier molecular flexibility index (Phi) is 6.98. The molecule has 1 fully saturated rings. The summed E-state index contributed by atoms with van der Waals surface area (Å²) in [5, 5.41) is 2.68. The van der Waals surface area contributed by atoms with E-state index in [4.69, 9.17) is 0 Å². The van der Waals surface area contributed by atoms with Crippen LogP contribution in [0, 0.1) is 6.92 Å². The number of nitrogens with one attached hydrogen (secondary N) is 1. The van der Waals surface area contributed by atoms with E-state index in [9.17, 15) is 9.59 Å². The van der Waals surface area contributed by atoms with E-state index >= 15 is 0 Å². The van der Waals surface area contributed by atoms with Crippen molar-refractivity contribution in [1.29, 1.82) is 0 Å². The summed E-state index contributed by atoms with van der Waals surface area (Å²) in [4.78, 5) is 28.5. The highest BCUT2D eigenvalue weighted by molar-refractivity contribution is 5.94. The summed E-state index contributed by atoms with van der Waals surface area (Å²) in [5.74, 6) is -0.285. The molecule has 0 unspecified atom stereocenters. The summed E-state index contributed by atoms with van der Waals surface area (Å²) in [5.41, 5.74) is 3.52. The summed E-state index contributed by atoms with van der Waals surface area (Å²) < 4.78 is 0. The van der Waals surface area contributed by atoms with E-state index in [-0.39, 0.29) is 18.4 Å². The van der Waals surface area contributed by atoms with Crippen molar-refractivity contribution in [2.45, 2.75) is 13.5 Å². The van der Waals surface area contributed by atoms with E-state index in [2.05, 4.69) is 41.4 Å². The molecule has 1 aliphatic heterocycles. The number of aryl methyl sites for hydroxylation is 1. The van der Waals surface area contributed by atoms with Crippen LogP contribution in [0.5, 0.6) is 0 Å². The first-order chi connectivity index (χ1) is 13.6. The minimum atomic E-state index is -0.254. The molecule has 5 heteroatoms. The number of benzene rings is 2. The van der Waals surface area contributed by atoms with Gasteiger partial charge in [-0.2, -0.15) is 0 Å². The van der Waals surface area contributed by atoms with Crippen LogP contribution >= 0.6 is 0 Å². The molecule has 2 amide bonds.